The molecule has 2 rings (SSSR count). The Morgan fingerprint density at radius 2 is 1.90 bits per heavy atom. The Hall–Kier alpha value is -0.850. The van der Waals surface area contributed by atoms with E-state index in [2.05, 4.69) is 15.5 Å². The van der Waals surface area contributed by atoms with Gasteiger partial charge in [-0.05, 0) is 40.3 Å². The SMILES string of the molecule is CC(C)(C)OC(=O)N1CCN(CCCNC2CNC2)CC1. The molecule has 0 unspecified atom stereocenters. The lowest BCUT2D eigenvalue weighted by atomic mass is 10.2. The van der Waals surface area contributed by atoms with Gasteiger partial charge in [0.05, 0.1) is 0 Å². The third-order valence-electron chi connectivity index (χ3n) is 3.89. The zero-order valence-corrected chi connectivity index (χ0v) is 13.7. The highest BCUT2D eigenvalue weighted by Gasteiger charge is 2.25. The molecule has 0 radical (unpaired) electrons. The van der Waals surface area contributed by atoms with E-state index in [1.54, 1.807) is 0 Å². The molecular weight excluding hydrogens is 268 g/mol. The maximum Gasteiger partial charge on any atom is 0.410 e. The molecule has 0 aliphatic carbocycles. The van der Waals surface area contributed by atoms with E-state index in [1.807, 2.05) is 25.7 Å². The molecule has 21 heavy (non-hydrogen) atoms. The van der Waals surface area contributed by atoms with Crippen molar-refractivity contribution in [2.45, 2.75) is 38.8 Å². The van der Waals surface area contributed by atoms with E-state index in [0.717, 1.165) is 52.4 Å². The molecule has 2 saturated heterocycles. The van der Waals surface area contributed by atoms with E-state index in [4.69, 9.17) is 4.74 Å². The van der Waals surface area contributed by atoms with Gasteiger partial charge in [-0.15, -0.1) is 0 Å². The Labute approximate surface area is 128 Å². The van der Waals surface area contributed by atoms with Gasteiger partial charge in [0.25, 0.3) is 0 Å². The van der Waals surface area contributed by atoms with Crippen molar-refractivity contribution in [3.63, 3.8) is 0 Å². The number of amides is 1. The highest BCUT2D eigenvalue weighted by Crippen LogP contribution is 2.11. The maximum absolute atomic E-state index is 12.0. The highest BCUT2D eigenvalue weighted by atomic mass is 16.6. The molecule has 0 bridgehead atoms. The monoisotopic (exact) mass is 298 g/mol. The van der Waals surface area contributed by atoms with E-state index in [-0.39, 0.29) is 6.09 Å². The average molecular weight is 298 g/mol. The molecule has 0 spiro atoms. The van der Waals surface area contributed by atoms with Gasteiger partial charge in [0.2, 0.25) is 0 Å². The normalized spacial score (nSPS) is 21.2. The zero-order chi connectivity index (χ0) is 15.3. The van der Waals surface area contributed by atoms with Crippen LogP contribution in [0.4, 0.5) is 4.79 Å². The van der Waals surface area contributed by atoms with Crippen molar-refractivity contribution in [1.29, 1.82) is 0 Å². The number of ether oxygens (including phenoxy) is 1. The fourth-order valence-electron chi connectivity index (χ4n) is 2.52. The average Bonchev–Trinajstić information content (AvgIpc) is 2.35. The Kier molecular flexibility index (Phi) is 5.84. The van der Waals surface area contributed by atoms with Gasteiger partial charge in [0, 0.05) is 45.3 Å². The molecule has 6 nitrogen and oxygen atoms in total. The van der Waals surface area contributed by atoms with E-state index < -0.39 is 5.60 Å². The lowest BCUT2D eigenvalue weighted by molar-refractivity contribution is 0.0144. The number of nitrogens with one attached hydrogen (secondary N) is 2. The number of carbonyl (C=O) groups is 1. The first-order valence-electron chi connectivity index (χ1n) is 8.08. The Bertz CT molecular complexity index is 331. The van der Waals surface area contributed by atoms with Crippen molar-refractivity contribution >= 4 is 6.09 Å². The van der Waals surface area contributed by atoms with E-state index in [0.29, 0.717) is 6.04 Å². The van der Waals surface area contributed by atoms with Crippen LogP contribution in [0.15, 0.2) is 0 Å². The summed E-state index contributed by atoms with van der Waals surface area (Å²) >= 11 is 0. The molecule has 2 aliphatic heterocycles. The van der Waals surface area contributed by atoms with E-state index in [9.17, 15) is 4.79 Å². The van der Waals surface area contributed by atoms with Gasteiger partial charge < -0.3 is 20.3 Å². The summed E-state index contributed by atoms with van der Waals surface area (Å²) in [6.07, 6.45) is 0.990. The van der Waals surface area contributed by atoms with Gasteiger partial charge in [-0.1, -0.05) is 0 Å². The molecule has 2 aliphatic rings. The summed E-state index contributed by atoms with van der Waals surface area (Å²) in [7, 11) is 0. The number of rotatable bonds is 5. The minimum absolute atomic E-state index is 0.179. The van der Waals surface area contributed by atoms with Crippen LogP contribution in [-0.2, 0) is 4.74 Å². The van der Waals surface area contributed by atoms with Gasteiger partial charge in [0.15, 0.2) is 0 Å². The molecule has 0 aromatic rings. The van der Waals surface area contributed by atoms with Crippen molar-refractivity contribution < 1.29 is 9.53 Å². The van der Waals surface area contributed by atoms with Gasteiger partial charge in [-0.2, -0.15) is 0 Å². The summed E-state index contributed by atoms with van der Waals surface area (Å²) in [5, 5.41) is 6.80. The van der Waals surface area contributed by atoms with Crippen molar-refractivity contribution in [1.82, 2.24) is 20.4 Å². The van der Waals surface area contributed by atoms with Crippen LogP contribution < -0.4 is 10.6 Å². The molecular formula is C15H30N4O2. The first-order chi connectivity index (χ1) is 9.94. The highest BCUT2D eigenvalue weighted by molar-refractivity contribution is 5.68. The van der Waals surface area contributed by atoms with Gasteiger partial charge in [0.1, 0.15) is 5.60 Å². The predicted octanol–water partition coefficient (Wildman–Crippen LogP) is 0.491. The summed E-state index contributed by atoms with van der Waals surface area (Å²) in [6.45, 7) is 13.6. The number of nitrogens with zero attached hydrogens (tertiary/aromatic N) is 2. The minimum atomic E-state index is -0.406. The van der Waals surface area contributed by atoms with Crippen LogP contribution in [0.1, 0.15) is 27.2 Å². The molecule has 0 aromatic carbocycles. The maximum atomic E-state index is 12.0. The molecule has 6 heteroatoms. The second-order valence-corrected chi connectivity index (χ2v) is 6.97. The summed E-state index contributed by atoms with van der Waals surface area (Å²) in [5.41, 5.74) is -0.406. The molecule has 0 atom stereocenters. The van der Waals surface area contributed by atoms with Crippen LogP contribution in [0, 0.1) is 0 Å². The Morgan fingerprint density at radius 1 is 1.24 bits per heavy atom. The van der Waals surface area contributed by atoms with Crippen LogP contribution in [-0.4, -0.2) is 79.9 Å². The van der Waals surface area contributed by atoms with Crippen molar-refractivity contribution in [2.24, 2.45) is 0 Å². The minimum Gasteiger partial charge on any atom is -0.444 e. The second-order valence-electron chi connectivity index (χ2n) is 6.97. The van der Waals surface area contributed by atoms with Crippen molar-refractivity contribution in [3.8, 4) is 0 Å². The first-order valence-corrected chi connectivity index (χ1v) is 8.08. The standard InChI is InChI=1S/C15H30N4O2/c1-15(2,3)21-14(20)19-9-7-18(8-10-19)6-4-5-17-13-11-16-12-13/h13,16-17H,4-12H2,1-3H3. The zero-order valence-electron chi connectivity index (χ0n) is 13.7. The van der Waals surface area contributed by atoms with E-state index >= 15 is 0 Å². The number of hydrogen-bond donors (Lipinski definition) is 2. The number of carbonyl (C=O) groups excluding carboxylic acids is 1. The van der Waals surface area contributed by atoms with Crippen molar-refractivity contribution in [2.75, 3.05) is 52.4 Å². The lowest BCUT2D eigenvalue weighted by Crippen LogP contribution is -2.55. The molecule has 0 aromatic heterocycles. The second kappa shape index (κ2) is 7.42. The summed E-state index contributed by atoms with van der Waals surface area (Å²) in [4.78, 5) is 16.2. The first kappa shape index (κ1) is 16.5. The fourth-order valence-corrected chi connectivity index (χ4v) is 2.52. The molecule has 1 amide bonds. The molecule has 2 N–H and O–H groups in total. The topological polar surface area (TPSA) is 56.8 Å². The molecule has 122 valence electrons. The quantitative estimate of drug-likeness (QED) is 0.724. The predicted molar refractivity (Wildman–Crippen MR) is 83.5 cm³/mol. The Balaban J connectivity index is 1.56. The molecule has 2 heterocycles. The van der Waals surface area contributed by atoms with Gasteiger partial charge >= 0.3 is 6.09 Å². The third-order valence-corrected chi connectivity index (χ3v) is 3.89. The van der Waals surface area contributed by atoms with Crippen LogP contribution in [0.3, 0.4) is 0 Å². The fraction of sp³-hybridized carbons (Fsp3) is 0.933. The van der Waals surface area contributed by atoms with E-state index in [1.165, 1.54) is 6.42 Å². The Morgan fingerprint density at radius 3 is 2.43 bits per heavy atom. The van der Waals surface area contributed by atoms with Gasteiger partial charge in [-0.3, -0.25) is 4.90 Å². The van der Waals surface area contributed by atoms with Gasteiger partial charge in [-0.25, -0.2) is 4.79 Å². The van der Waals surface area contributed by atoms with Crippen LogP contribution in [0.25, 0.3) is 0 Å². The van der Waals surface area contributed by atoms with Crippen molar-refractivity contribution in [3.05, 3.63) is 0 Å². The largest absolute Gasteiger partial charge is 0.444 e. The summed E-state index contributed by atoms with van der Waals surface area (Å²) in [6, 6.07) is 0.675. The van der Waals surface area contributed by atoms with Crippen LogP contribution in [0.2, 0.25) is 0 Å². The van der Waals surface area contributed by atoms with Crippen LogP contribution in [0.5, 0.6) is 0 Å². The summed E-state index contributed by atoms with van der Waals surface area (Å²) in [5.74, 6) is 0. The number of hydrogen-bond acceptors (Lipinski definition) is 5. The third kappa shape index (κ3) is 5.80. The lowest BCUT2D eigenvalue weighted by Gasteiger charge is -2.35. The molecule has 0 saturated carbocycles. The smallest absolute Gasteiger partial charge is 0.410 e. The molecule has 2 fully saturated rings. The summed E-state index contributed by atoms with van der Waals surface area (Å²) < 4.78 is 5.41. The number of piperazine rings is 1. The van der Waals surface area contributed by atoms with Crippen LogP contribution >= 0.6 is 0 Å².